The highest BCUT2D eigenvalue weighted by atomic mass is 35.5. The Balaban J connectivity index is 1.99. The number of fused-ring (bicyclic) bond motifs is 1. The van der Waals surface area contributed by atoms with Crippen molar-refractivity contribution in [1.29, 1.82) is 0 Å². The molecule has 2 aromatic carbocycles. The fraction of sp³-hybridized carbons (Fsp3) is 0.0714. The van der Waals surface area contributed by atoms with E-state index in [1.54, 1.807) is 18.2 Å². The number of anilines is 2. The number of benzene rings is 2. The molecule has 0 atom stereocenters. The minimum Gasteiger partial charge on any atom is -0.495 e. The molecular formula is C14H10ClN3O4. The van der Waals surface area contributed by atoms with Gasteiger partial charge in [-0.25, -0.2) is 0 Å². The molecule has 7 nitrogen and oxygen atoms in total. The first-order valence-corrected chi connectivity index (χ1v) is 6.60. The summed E-state index contributed by atoms with van der Waals surface area (Å²) in [7, 11) is 1.47. The molecule has 3 rings (SSSR count). The van der Waals surface area contributed by atoms with Crippen LogP contribution < -0.4 is 10.1 Å². The first-order chi connectivity index (χ1) is 10.6. The van der Waals surface area contributed by atoms with E-state index >= 15 is 0 Å². The van der Waals surface area contributed by atoms with Crippen molar-refractivity contribution in [2.45, 2.75) is 0 Å². The Labute approximate surface area is 129 Å². The van der Waals surface area contributed by atoms with Crippen molar-refractivity contribution >= 4 is 40.1 Å². The lowest BCUT2D eigenvalue weighted by Crippen LogP contribution is -1.96. The van der Waals surface area contributed by atoms with Gasteiger partial charge in [0.2, 0.25) is 0 Å². The lowest BCUT2D eigenvalue weighted by molar-refractivity contribution is -0.384. The van der Waals surface area contributed by atoms with Gasteiger partial charge in [-0.3, -0.25) is 10.1 Å². The van der Waals surface area contributed by atoms with E-state index in [1.165, 1.54) is 25.3 Å². The van der Waals surface area contributed by atoms with Crippen molar-refractivity contribution in [3.8, 4) is 5.75 Å². The summed E-state index contributed by atoms with van der Waals surface area (Å²) in [5, 5.41) is 14.3. The predicted molar refractivity (Wildman–Crippen MR) is 82.0 cm³/mol. The molecular weight excluding hydrogens is 310 g/mol. The van der Waals surface area contributed by atoms with Crippen molar-refractivity contribution in [3.05, 3.63) is 51.5 Å². The van der Waals surface area contributed by atoms with E-state index in [2.05, 4.69) is 10.3 Å². The van der Waals surface area contributed by atoms with Crippen molar-refractivity contribution in [2.75, 3.05) is 12.4 Å². The van der Waals surface area contributed by atoms with Gasteiger partial charge in [0.15, 0.2) is 5.58 Å². The number of methoxy groups -OCH3 is 1. The van der Waals surface area contributed by atoms with Gasteiger partial charge in [-0.05, 0) is 18.2 Å². The van der Waals surface area contributed by atoms with Gasteiger partial charge < -0.3 is 14.5 Å². The second-order valence-electron chi connectivity index (χ2n) is 4.40. The minimum absolute atomic E-state index is 0.0672. The average Bonchev–Trinajstić information content (AvgIpc) is 2.88. The molecule has 0 aliphatic rings. The van der Waals surface area contributed by atoms with Crippen molar-refractivity contribution in [1.82, 2.24) is 4.98 Å². The number of ether oxygens (including phenoxy) is 1. The molecule has 22 heavy (non-hydrogen) atoms. The van der Waals surface area contributed by atoms with Gasteiger partial charge >= 0.3 is 0 Å². The molecule has 0 radical (unpaired) electrons. The molecule has 0 aliphatic heterocycles. The average molecular weight is 320 g/mol. The molecule has 0 aliphatic carbocycles. The van der Waals surface area contributed by atoms with E-state index in [4.69, 9.17) is 20.8 Å². The number of aromatic nitrogens is 1. The molecule has 0 saturated heterocycles. The molecule has 1 heterocycles. The number of nitro groups is 1. The zero-order chi connectivity index (χ0) is 15.7. The molecule has 0 fully saturated rings. The van der Waals surface area contributed by atoms with Crippen LogP contribution in [0.15, 0.2) is 40.8 Å². The minimum atomic E-state index is -0.490. The number of hydrogen-bond acceptors (Lipinski definition) is 6. The third-order valence-electron chi connectivity index (χ3n) is 2.99. The van der Waals surface area contributed by atoms with E-state index in [0.29, 0.717) is 27.6 Å². The zero-order valence-electron chi connectivity index (χ0n) is 11.4. The monoisotopic (exact) mass is 319 g/mol. The summed E-state index contributed by atoms with van der Waals surface area (Å²) >= 11 is 5.89. The number of halogens is 1. The van der Waals surface area contributed by atoms with Crippen LogP contribution in [0, 0.1) is 10.1 Å². The standard InChI is InChI=1S/C14H10ClN3O4/c1-21-12-5-3-9(18(19)20)7-11(12)17-14-16-10-4-2-8(15)6-13(10)22-14/h2-7H,1H3,(H,16,17). The molecule has 0 amide bonds. The van der Waals surface area contributed by atoms with Crippen LogP contribution in [-0.4, -0.2) is 17.0 Å². The van der Waals surface area contributed by atoms with Gasteiger partial charge in [0.05, 0.1) is 17.7 Å². The number of nitrogens with one attached hydrogen (secondary N) is 1. The maximum atomic E-state index is 10.9. The normalized spacial score (nSPS) is 10.6. The van der Waals surface area contributed by atoms with Crippen LogP contribution >= 0.6 is 11.6 Å². The zero-order valence-corrected chi connectivity index (χ0v) is 12.1. The van der Waals surface area contributed by atoms with E-state index in [-0.39, 0.29) is 11.7 Å². The van der Waals surface area contributed by atoms with Gasteiger partial charge in [-0.1, -0.05) is 11.6 Å². The van der Waals surface area contributed by atoms with Gasteiger partial charge in [0.25, 0.3) is 11.7 Å². The Bertz CT molecular complexity index is 862. The van der Waals surface area contributed by atoms with Crippen molar-refractivity contribution in [3.63, 3.8) is 0 Å². The topological polar surface area (TPSA) is 90.4 Å². The van der Waals surface area contributed by atoms with Crippen LogP contribution in [0.1, 0.15) is 0 Å². The summed E-state index contributed by atoms with van der Waals surface area (Å²) < 4.78 is 10.7. The lowest BCUT2D eigenvalue weighted by atomic mass is 10.2. The molecule has 8 heteroatoms. The number of nitrogens with zero attached hydrogens (tertiary/aromatic N) is 2. The van der Waals surface area contributed by atoms with Gasteiger partial charge in [0, 0.05) is 23.2 Å². The van der Waals surface area contributed by atoms with E-state index in [0.717, 1.165) is 0 Å². The highest BCUT2D eigenvalue weighted by Crippen LogP contribution is 2.32. The summed E-state index contributed by atoms with van der Waals surface area (Å²) in [6, 6.07) is 9.45. The summed E-state index contributed by atoms with van der Waals surface area (Å²) in [5.74, 6) is 0.436. The van der Waals surface area contributed by atoms with Crippen LogP contribution in [0.2, 0.25) is 5.02 Å². The van der Waals surface area contributed by atoms with Crippen LogP contribution in [0.4, 0.5) is 17.4 Å². The van der Waals surface area contributed by atoms with Crippen LogP contribution in [-0.2, 0) is 0 Å². The third-order valence-corrected chi connectivity index (χ3v) is 3.22. The lowest BCUT2D eigenvalue weighted by Gasteiger charge is -2.07. The number of non-ortho nitro benzene ring substituents is 1. The maximum absolute atomic E-state index is 10.9. The van der Waals surface area contributed by atoms with E-state index in [1.807, 2.05) is 0 Å². The summed E-state index contributed by atoms with van der Waals surface area (Å²) in [4.78, 5) is 14.6. The highest BCUT2D eigenvalue weighted by molar-refractivity contribution is 6.31. The molecule has 3 aromatic rings. The smallest absolute Gasteiger partial charge is 0.300 e. The largest absolute Gasteiger partial charge is 0.495 e. The Kier molecular flexibility index (Phi) is 3.56. The predicted octanol–water partition coefficient (Wildman–Crippen LogP) is 4.14. The fourth-order valence-corrected chi connectivity index (χ4v) is 2.14. The second-order valence-corrected chi connectivity index (χ2v) is 4.83. The van der Waals surface area contributed by atoms with Crippen LogP contribution in [0.5, 0.6) is 5.75 Å². The molecule has 0 bridgehead atoms. The summed E-state index contributed by atoms with van der Waals surface area (Å²) in [6.07, 6.45) is 0. The molecule has 0 unspecified atom stereocenters. The van der Waals surface area contributed by atoms with E-state index in [9.17, 15) is 10.1 Å². The first-order valence-electron chi connectivity index (χ1n) is 6.22. The number of rotatable bonds is 4. The highest BCUT2D eigenvalue weighted by Gasteiger charge is 2.14. The maximum Gasteiger partial charge on any atom is 0.300 e. The number of nitro benzene ring substituents is 1. The molecule has 1 N–H and O–H groups in total. The Morgan fingerprint density at radius 3 is 2.86 bits per heavy atom. The molecule has 1 aromatic heterocycles. The Morgan fingerprint density at radius 2 is 2.14 bits per heavy atom. The number of hydrogen-bond donors (Lipinski definition) is 1. The summed E-state index contributed by atoms with van der Waals surface area (Å²) in [5.41, 5.74) is 1.45. The molecule has 112 valence electrons. The third kappa shape index (κ3) is 2.66. The van der Waals surface area contributed by atoms with E-state index < -0.39 is 4.92 Å². The fourth-order valence-electron chi connectivity index (χ4n) is 1.97. The Morgan fingerprint density at radius 1 is 1.32 bits per heavy atom. The molecule has 0 saturated carbocycles. The molecule has 0 spiro atoms. The van der Waals surface area contributed by atoms with Gasteiger partial charge in [-0.15, -0.1) is 0 Å². The van der Waals surface area contributed by atoms with Crippen LogP contribution in [0.3, 0.4) is 0 Å². The number of oxazole rings is 1. The van der Waals surface area contributed by atoms with Gasteiger partial charge in [0.1, 0.15) is 11.3 Å². The van der Waals surface area contributed by atoms with Crippen LogP contribution in [0.25, 0.3) is 11.1 Å². The van der Waals surface area contributed by atoms with Crippen molar-refractivity contribution < 1.29 is 14.1 Å². The Hall–Kier alpha value is -2.80. The summed E-state index contributed by atoms with van der Waals surface area (Å²) in [6.45, 7) is 0. The van der Waals surface area contributed by atoms with Gasteiger partial charge in [-0.2, -0.15) is 4.98 Å². The first kappa shape index (κ1) is 14.2. The van der Waals surface area contributed by atoms with Crippen molar-refractivity contribution in [2.24, 2.45) is 0 Å². The second kappa shape index (κ2) is 5.53. The quantitative estimate of drug-likeness (QED) is 0.574. The SMILES string of the molecule is COc1ccc([N+](=O)[O-])cc1Nc1nc2ccc(Cl)cc2o1.